The average molecular weight is 215 g/mol. The topological polar surface area (TPSA) is 38.3 Å². The summed E-state index contributed by atoms with van der Waals surface area (Å²) in [6.45, 7) is -0.127. The Hall–Kier alpha value is -1.49. The molecule has 82 valence electrons. The second-order valence-corrected chi connectivity index (χ2v) is 2.88. The molecule has 0 saturated carbocycles. The predicted molar refractivity (Wildman–Crippen MR) is 50.1 cm³/mol. The Morgan fingerprint density at radius 3 is 2.53 bits per heavy atom. The van der Waals surface area contributed by atoms with E-state index in [9.17, 15) is 13.6 Å². The van der Waals surface area contributed by atoms with E-state index in [4.69, 9.17) is 0 Å². The molecule has 0 radical (unpaired) electrons. The van der Waals surface area contributed by atoms with Crippen LogP contribution in [0, 0.1) is 11.6 Å². The first-order valence-corrected chi connectivity index (χ1v) is 4.35. The molecule has 5 heteroatoms. The molecule has 0 unspecified atom stereocenters. The molecule has 0 atom stereocenters. The van der Waals surface area contributed by atoms with Gasteiger partial charge in [0.2, 0.25) is 0 Å². The van der Waals surface area contributed by atoms with Crippen LogP contribution in [0.5, 0.6) is 0 Å². The van der Waals surface area contributed by atoms with Crippen LogP contribution in [0.15, 0.2) is 18.2 Å². The Kier molecular flexibility index (Phi) is 4.17. The highest BCUT2D eigenvalue weighted by Crippen LogP contribution is 2.11. The van der Waals surface area contributed by atoms with Gasteiger partial charge in [0, 0.05) is 12.1 Å². The molecule has 0 bridgehead atoms. The lowest BCUT2D eigenvalue weighted by Crippen LogP contribution is -2.24. The number of halogens is 2. The Morgan fingerprint density at radius 2 is 2.00 bits per heavy atom. The van der Waals surface area contributed by atoms with Gasteiger partial charge in [-0.2, -0.15) is 0 Å². The van der Waals surface area contributed by atoms with Gasteiger partial charge in [-0.15, -0.1) is 0 Å². The fourth-order valence-electron chi connectivity index (χ4n) is 1.06. The van der Waals surface area contributed by atoms with E-state index >= 15 is 0 Å². The monoisotopic (exact) mass is 215 g/mol. The minimum Gasteiger partial charge on any atom is -0.468 e. The third-order valence-electron chi connectivity index (χ3n) is 1.86. The Bertz CT molecular complexity index is 335. The van der Waals surface area contributed by atoms with Gasteiger partial charge in [0.05, 0.1) is 13.7 Å². The molecule has 0 aliphatic heterocycles. The molecule has 0 aromatic heterocycles. The van der Waals surface area contributed by atoms with Crippen LogP contribution in [0.2, 0.25) is 0 Å². The van der Waals surface area contributed by atoms with Crippen LogP contribution >= 0.6 is 0 Å². The van der Waals surface area contributed by atoms with E-state index in [0.29, 0.717) is 0 Å². The number of carbonyl (C=O) groups is 1. The van der Waals surface area contributed by atoms with Crippen LogP contribution in [0.3, 0.4) is 0 Å². The first-order valence-electron chi connectivity index (χ1n) is 4.35. The summed E-state index contributed by atoms with van der Waals surface area (Å²) in [6, 6.07) is 3.62. The molecule has 0 fully saturated rings. The largest absolute Gasteiger partial charge is 0.468 e. The molecule has 0 aliphatic carbocycles. The van der Waals surface area contributed by atoms with Gasteiger partial charge in [-0.25, -0.2) is 8.78 Å². The van der Waals surface area contributed by atoms with Gasteiger partial charge in [0.1, 0.15) is 11.6 Å². The SMILES string of the molecule is COC(=O)CNCc1c(F)cccc1F. The van der Waals surface area contributed by atoms with E-state index in [0.717, 1.165) is 12.1 Å². The number of hydrogen-bond acceptors (Lipinski definition) is 3. The molecule has 0 aliphatic rings. The molecule has 1 aromatic carbocycles. The van der Waals surface area contributed by atoms with Crippen molar-refractivity contribution in [1.82, 2.24) is 5.32 Å². The van der Waals surface area contributed by atoms with E-state index in [1.165, 1.54) is 13.2 Å². The van der Waals surface area contributed by atoms with Crippen LogP contribution < -0.4 is 5.32 Å². The second-order valence-electron chi connectivity index (χ2n) is 2.88. The molecular formula is C10H11F2NO2. The number of rotatable bonds is 4. The first kappa shape index (κ1) is 11.6. The Labute approximate surface area is 86.0 Å². The number of nitrogens with one attached hydrogen (secondary N) is 1. The van der Waals surface area contributed by atoms with E-state index in [1.807, 2.05) is 0 Å². The van der Waals surface area contributed by atoms with Crippen LogP contribution in [-0.2, 0) is 16.1 Å². The highest BCUT2D eigenvalue weighted by molar-refractivity contribution is 5.71. The van der Waals surface area contributed by atoms with Gasteiger partial charge in [-0.1, -0.05) is 6.07 Å². The zero-order valence-corrected chi connectivity index (χ0v) is 8.22. The van der Waals surface area contributed by atoms with Gasteiger partial charge >= 0.3 is 5.97 Å². The van der Waals surface area contributed by atoms with E-state index < -0.39 is 17.6 Å². The van der Waals surface area contributed by atoms with Crippen molar-refractivity contribution >= 4 is 5.97 Å². The van der Waals surface area contributed by atoms with Crippen LogP contribution in [0.25, 0.3) is 0 Å². The molecule has 1 rings (SSSR count). The number of hydrogen-bond donors (Lipinski definition) is 1. The fourth-order valence-corrected chi connectivity index (χ4v) is 1.06. The first-order chi connectivity index (χ1) is 7.15. The zero-order valence-electron chi connectivity index (χ0n) is 8.22. The van der Waals surface area contributed by atoms with Crippen molar-refractivity contribution in [2.24, 2.45) is 0 Å². The minimum absolute atomic E-state index is 0.0480. The zero-order chi connectivity index (χ0) is 11.3. The third kappa shape index (κ3) is 3.28. The smallest absolute Gasteiger partial charge is 0.319 e. The summed E-state index contributed by atoms with van der Waals surface area (Å²) in [5.41, 5.74) is -0.0820. The quantitative estimate of drug-likeness (QED) is 0.767. The van der Waals surface area contributed by atoms with Gasteiger partial charge in [0.25, 0.3) is 0 Å². The Morgan fingerprint density at radius 1 is 1.40 bits per heavy atom. The minimum atomic E-state index is -0.632. The lowest BCUT2D eigenvalue weighted by atomic mass is 10.2. The fraction of sp³-hybridized carbons (Fsp3) is 0.300. The molecule has 0 saturated heterocycles. The van der Waals surface area contributed by atoms with E-state index in [-0.39, 0.29) is 18.7 Å². The summed E-state index contributed by atoms with van der Waals surface area (Å²) in [5.74, 6) is -1.74. The van der Waals surface area contributed by atoms with Crippen molar-refractivity contribution in [3.63, 3.8) is 0 Å². The highest BCUT2D eigenvalue weighted by atomic mass is 19.1. The third-order valence-corrected chi connectivity index (χ3v) is 1.86. The van der Waals surface area contributed by atoms with E-state index in [2.05, 4.69) is 10.1 Å². The van der Waals surface area contributed by atoms with Crippen molar-refractivity contribution < 1.29 is 18.3 Å². The average Bonchev–Trinajstić information content (AvgIpc) is 2.22. The van der Waals surface area contributed by atoms with Crippen molar-refractivity contribution in [2.45, 2.75) is 6.54 Å². The molecule has 15 heavy (non-hydrogen) atoms. The standard InChI is InChI=1S/C10H11F2NO2/c1-15-10(14)6-13-5-7-8(11)3-2-4-9(7)12/h2-4,13H,5-6H2,1H3. The number of ether oxygens (including phenoxy) is 1. The second kappa shape index (κ2) is 5.41. The summed E-state index contributed by atoms with van der Waals surface area (Å²) in [6.07, 6.45) is 0. The van der Waals surface area contributed by atoms with Crippen LogP contribution in [0.1, 0.15) is 5.56 Å². The van der Waals surface area contributed by atoms with Crippen molar-refractivity contribution in [3.8, 4) is 0 Å². The lowest BCUT2D eigenvalue weighted by Gasteiger charge is -2.05. The van der Waals surface area contributed by atoms with E-state index in [1.54, 1.807) is 0 Å². The number of carbonyl (C=O) groups excluding carboxylic acids is 1. The molecule has 0 amide bonds. The molecule has 3 nitrogen and oxygen atoms in total. The maximum atomic E-state index is 13.1. The summed E-state index contributed by atoms with van der Waals surface area (Å²) in [5, 5.41) is 2.58. The molecule has 1 N–H and O–H groups in total. The Balaban J connectivity index is 2.54. The number of methoxy groups -OCH3 is 1. The maximum Gasteiger partial charge on any atom is 0.319 e. The van der Waals surface area contributed by atoms with Crippen molar-refractivity contribution in [1.29, 1.82) is 0 Å². The summed E-state index contributed by atoms with van der Waals surface area (Å²) >= 11 is 0. The predicted octanol–water partition coefficient (Wildman–Crippen LogP) is 1.23. The van der Waals surface area contributed by atoms with Crippen molar-refractivity contribution in [2.75, 3.05) is 13.7 Å². The van der Waals surface area contributed by atoms with Gasteiger partial charge in [-0.3, -0.25) is 4.79 Å². The van der Waals surface area contributed by atoms with Crippen molar-refractivity contribution in [3.05, 3.63) is 35.4 Å². The number of benzene rings is 1. The highest BCUT2D eigenvalue weighted by Gasteiger charge is 2.08. The van der Waals surface area contributed by atoms with Crippen LogP contribution in [-0.4, -0.2) is 19.6 Å². The lowest BCUT2D eigenvalue weighted by molar-refractivity contribution is -0.139. The molecule has 1 aromatic rings. The van der Waals surface area contributed by atoms with Gasteiger partial charge in [0.15, 0.2) is 0 Å². The van der Waals surface area contributed by atoms with Gasteiger partial charge < -0.3 is 10.1 Å². The summed E-state index contributed by atoms with van der Waals surface area (Å²) in [7, 11) is 1.24. The summed E-state index contributed by atoms with van der Waals surface area (Å²) < 4.78 is 30.5. The summed E-state index contributed by atoms with van der Waals surface area (Å²) in [4.78, 5) is 10.7. The van der Waals surface area contributed by atoms with Gasteiger partial charge in [-0.05, 0) is 12.1 Å². The van der Waals surface area contributed by atoms with Crippen LogP contribution in [0.4, 0.5) is 8.78 Å². The molecule has 0 heterocycles. The molecular weight excluding hydrogens is 204 g/mol. The number of esters is 1. The normalized spacial score (nSPS) is 10.1. The maximum absolute atomic E-state index is 13.1. The molecule has 0 spiro atoms.